The van der Waals surface area contributed by atoms with Crippen LogP contribution in [0.4, 0.5) is 13.2 Å². The summed E-state index contributed by atoms with van der Waals surface area (Å²) in [5.41, 5.74) is 1.58. The van der Waals surface area contributed by atoms with Crippen molar-refractivity contribution in [3.8, 4) is 0 Å². The number of benzene rings is 1. The van der Waals surface area contributed by atoms with Crippen LogP contribution in [0.1, 0.15) is 15.9 Å². The lowest BCUT2D eigenvalue weighted by atomic mass is 10.1. The molecule has 0 aromatic heterocycles. The van der Waals surface area contributed by atoms with Crippen molar-refractivity contribution < 1.29 is 18.0 Å². The Morgan fingerprint density at radius 1 is 1.20 bits per heavy atom. The SMILES string of the molecule is Cc1cccc(C(=O)N2CCN(CC(F)(F)F)CC2)c1. The zero-order valence-corrected chi connectivity index (χ0v) is 11.3. The summed E-state index contributed by atoms with van der Waals surface area (Å²) in [4.78, 5) is 15.2. The lowest BCUT2D eigenvalue weighted by Crippen LogP contribution is -2.50. The first-order chi connectivity index (χ1) is 9.35. The number of rotatable bonds is 2. The molecule has 0 N–H and O–H groups in total. The Kier molecular flexibility index (Phi) is 4.32. The van der Waals surface area contributed by atoms with Gasteiger partial charge in [0.15, 0.2) is 0 Å². The zero-order valence-electron chi connectivity index (χ0n) is 11.3. The van der Waals surface area contributed by atoms with Gasteiger partial charge in [-0.1, -0.05) is 17.7 Å². The van der Waals surface area contributed by atoms with Gasteiger partial charge in [0.1, 0.15) is 0 Å². The third-order valence-electron chi connectivity index (χ3n) is 3.33. The Balaban J connectivity index is 1.92. The predicted octanol–water partition coefficient (Wildman–Crippen LogP) is 2.32. The first kappa shape index (κ1) is 14.8. The molecule has 0 atom stereocenters. The van der Waals surface area contributed by atoms with Crippen molar-refractivity contribution in [3.63, 3.8) is 0 Å². The second-order valence-electron chi connectivity index (χ2n) is 5.05. The molecule has 2 rings (SSSR count). The maximum Gasteiger partial charge on any atom is 0.401 e. The Morgan fingerprint density at radius 2 is 1.85 bits per heavy atom. The van der Waals surface area contributed by atoms with Crippen molar-refractivity contribution >= 4 is 5.91 Å². The van der Waals surface area contributed by atoms with Crippen molar-refractivity contribution in [2.45, 2.75) is 13.1 Å². The molecule has 1 heterocycles. The van der Waals surface area contributed by atoms with E-state index in [0.29, 0.717) is 18.7 Å². The Bertz CT molecular complexity index is 480. The molecular formula is C14H17F3N2O. The van der Waals surface area contributed by atoms with Crippen LogP contribution in [-0.4, -0.2) is 54.6 Å². The van der Waals surface area contributed by atoms with Crippen molar-refractivity contribution in [3.05, 3.63) is 35.4 Å². The summed E-state index contributed by atoms with van der Waals surface area (Å²) in [6, 6.07) is 7.24. The highest BCUT2D eigenvalue weighted by atomic mass is 19.4. The van der Waals surface area contributed by atoms with Gasteiger partial charge in [0.25, 0.3) is 5.91 Å². The summed E-state index contributed by atoms with van der Waals surface area (Å²) in [6.07, 6.45) is -4.18. The summed E-state index contributed by atoms with van der Waals surface area (Å²) in [7, 11) is 0. The minimum Gasteiger partial charge on any atom is -0.336 e. The lowest BCUT2D eigenvalue weighted by Gasteiger charge is -2.35. The summed E-state index contributed by atoms with van der Waals surface area (Å²) in [5.74, 6) is -0.111. The maximum absolute atomic E-state index is 12.3. The van der Waals surface area contributed by atoms with E-state index in [-0.39, 0.29) is 19.0 Å². The van der Waals surface area contributed by atoms with Gasteiger partial charge in [0, 0.05) is 31.7 Å². The van der Waals surface area contributed by atoms with Gasteiger partial charge < -0.3 is 4.90 Å². The van der Waals surface area contributed by atoms with Crippen molar-refractivity contribution in [1.29, 1.82) is 0 Å². The van der Waals surface area contributed by atoms with Crippen LogP contribution in [0.5, 0.6) is 0 Å². The van der Waals surface area contributed by atoms with Gasteiger partial charge in [-0.25, -0.2) is 0 Å². The summed E-state index contributed by atoms with van der Waals surface area (Å²) < 4.78 is 36.8. The second-order valence-corrected chi connectivity index (χ2v) is 5.05. The number of halogens is 3. The molecule has 6 heteroatoms. The second kappa shape index (κ2) is 5.83. The van der Waals surface area contributed by atoms with Gasteiger partial charge in [-0.3, -0.25) is 9.69 Å². The number of hydrogen-bond donors (Lipinski definition) is 0. The molecule has 20 heavy (non-hydrogen) atoms. The van der Waals surface area contributed by atoms with Gasteiger partial charge in [-0.15, -0.1) is 0 Å². The molecule has 1 aliphatic heterocycles. The van der Waals surface area contributed by atoms with E-state index in [4.69, 9.17) is 0 Å². The van der Waals surface area contributed by atoms with Crippen molar-refractivity contribution in [2.24, 2.45) is 0 Å². The van der Waals surface area contributed by atoms with Crippen LogP contribution in [0.3, 0.4) is 0 Å². The molecule has 0 bridgehead atoms. The standard InChI is InChI=1S/C14H17F3N2O/c1-11-3-2-4-12(9-11)13(20)19-7-5-18(6-8-19)10-14(15,16)17/h2-4,9H,5-8,10H2,1H3. The monoisotopic (exact) mass is 286 g/mol. The van der Waals surface area contributed by atoms with Crippen LogP contribution in [0.25, 0.3) is 0 Å². The van der Waals surface area contributed by atoms with Gasteiger partial charge >= 0.3 is 6.18 Å². The Labute approximate surface area is 116 Å². The minimum atomic E-state index is -4.18. The van der Waals surface area contributed by atoms with Gasteiger partial charge in [0.05, 0.1) is 6.54 Å². The number of carbonyl (C=O) groups is 1. The first-order valence-electron chi connectivity index (χ1n) is 6.50. The Hall–Kier alpha value is -1.56. The molecule has 0 radical (unpaired) electrons. The third-order valence-corrected chi connectivity index (χ3v) is 3.33. The van der Waals surface area contributed by atoms with E-state index in [2.05, 4.69) is 0 Å². The molecule has 110 valence electrons. The maximum atomic E-state index is 12.3. The van der Waals surface area contributed by atoms with Crippen LogP contribution in [0.15, 0.2) is 24.3 Å². The van der Waals surface area contributed by atoms with Crippen molar-refractivity contribution in [2.75, 3.05) is 32.7 Å². The van der Waals surface area contributed by atoms with Gasteiger partial charge in [-0.2, -0.15) is 13.2 Å². The number of alkyl halides is 3. The molecule has 0 aliphatic carbocycles. The Morgan fingerprint density at radius 3 is 2.40 bits per heavy atom. The molecule has 1 aromatic rings. The molecule has 1 aromatic carbocycles. The molecule has 1 saturated heterocycles. The lowest BCUT2D eigenvalue weighted by molar-refractivity contribution is -0.148. The van der Waals surface area contributed by atoms with Gasteiger partial charge in [0.2, 0.25) is 0 Å². The molecule has 3 nitrogen and oxygen atoms in total. The van der Waals surface area contributed by atoms with E-state index in [1.54, 1.807) is 17.0 Å². The molecule has 0 spiro atoms. The predicted molar refractivity (Wildman–Crippen MR) is 69.6 cm³/mol. The fourth-order valence-electron chi connectivity index (χ4n) is 2.32. The van der Waals surface area contributed by atoms with Crippen LogP contribution in [-0.2, 0) is 0 Å². The average molecular weight is 286 g/mol. The van der Waals surface area contributed by atoms with Crippen molar-refractivity contribution in [1.82, 2.24) is 9.80 Å². The molecule has 0 unspecified atom stereocenters. The smallest absolute Gasteiger partial charge is 0.336 e. The number of amides is 1. The normalized spacial score (nSPS) is 17.3. The van der Waals surface area contributed by atoms with Crippen LogP contribution >= 0.6 is 0 Å². The average Bonchev–Trinajstić information content (AvgIpc) is 2.37. The van der Waals surface area contributed by atoms with E-state index < -0.39 is 12.7 Å². The largest absolute Gasteiger partial charge is 0.401 e. The van der Waals surface area contributed by atoms with Gasteiger partial charge in [-0.05, 0) is 19.1 Å². The number of aryl methyl sites for hydroxylation is 1. The van der Waals surface area contributed by atoms with Crippen LogP contribution in [0, 0.1) is 6.92 Å². The molecule has 1 amide bonds. The fourth-order valence-corrected chi connectivity index (χ4v) is 2.32. The van der Waals surface area contributed by atoms with E-state index in [9.17, 15) is 18.0 Å². The minimum absolute atomic E-state index is 0.111. The fraction of sp³-hybridized carbons (Fsp3) is 0.500. The van der Waals surface area contributed by atoms with Crippen LogP contribution in [0.2, 0.25) is 0 Å². The quantitative estimate of drug-likeness (QED) is 0.833. The molecule has 1 aliphatic rings. The zero-order chi connectivity index (χ0) is 14.8. The van der Waals surface area contributed by atoms with E-state index >= 15 is 0 Å². The number of nitrogens with zero attached hydrogens (tertiary/aromatic N) is 2. The number of piperazine rings is 1. The topological polar surface area (TPSA) is 23.6 Å². The summed E-state index contributed by atoms with van der Waals surface area (Å²) in [5, 5.41) is 0. The summed E-state index contributed by atoms with van der Waals surface area (Å²) >= 11 is 0. The highest BCUT2D eigenvalue weighted by Gasteiger charge is 2.32. The number of hydrogen-bond acceptors (Lipinski definition) is 2. The highest BCUT2D eigenvalue weighted by molar-refractivity contribution is 5.94. The van der Waals surface area contributed by atoms with E-state index in [1.807, 2.05) is 19.1 Å². The third kappa shape index (κ3) is 3.96. The highest BCUT2D eigenvalue weighted by Crippen LogP contribution is 2.18. The summed E-state index contributed by atoms with van der Waals surface area (Å²) in [6.45, 7) is 2.19. The first-order valence-corrected chi connectivity index (χ1v) is 6.50. The number of carbonyl (C=O) groups excluding carboxylic acids is 1. The molecular weight excluding hydrogens is 269 g/mol. The van der Waals surface area contributed by atoms with E-state index in [0.717, 1.165) is 5.56 Å². The molecule has 1 fully saturated rings. The van der Waals surface area contributed by atoms with E-state index in [1.165, 1.54) is 4.90 Å². The van der Waals surface area contributed by atoms with Crippen LogP contribution < -0.4 is 0 Å². The molecule has 0 saturated carbocycles.